The summed E-state index contributed by atoms with van der Waals surface area (Å²) < 4.78 is 11.7. The van der Waals surface area contributed by atoms with Crippen LogP contribution in [-0.4, -0.2) is 29.1 Å². The Bertz CT molecular complexity index is 1360. The van der Waals surface area contributed by atoms with E-state index in [0.29, 0.717) is 30.4 Å². The lowest BCUT2D eigenvalue weighted by atomic mass is 10.1. The van der Waals surface area contributed by atoms with Gasteiger partial charge in [-0.2, -0.15) is 0 Å². The van der Waals surface area contributed by atoms with Crippen molar-refractivity contribution < 1.29 is 23.9 Å². The number of methoxy groups -OCH3 is 1. The molecule has 1 heterocycles. The highest BCUT2D eigenvalue weighted by Gasteiger charge is 2.35. The van der Waals surface area contributed by atoms with Crippen molar-refractivity contribution in [1.29, 1.82) is 0 Å². The molecule has 0 spiro atoms. The summed E-state index contributed by atoms with van der Waals surface area (Å²) >= 11 is 8.93. The summed E-state index contributed by atoms with van der Waals surface area (Å²) in [7, 11) is 1.47. The number of halogens is 2. The number of carbonyl (C=O) groups excluding carboxylic acids is 3. The first-order valence-electron chi connectivity index (χ1n) is 10.4. The third kappa shape index (κ3) is 5.88. The maximum atomic E-state index is 12.9. The van der Waals surface area contributed by atoms with E-state index in [-0.39, 0.29) is 23.4 Å². The molecule has 1 aliphatic rings. The maximum Gasteiger partial charge on any atom is 0.343 e. The van der Waals surface area contributed by atoms with E-state index in [1.54, 1.807) is 48.5 Å². The van der Waals surface area contributed by atoms with Gasteiger partial charge in [-0.15, -0.1) is 0 Å². The molecule has 0 atom stereocenters. The lowest BCUT2D eigenvalue weighted by Gasteiger charge is -2.13. The first-order valence-corrected chi connectivity index (χ1v) is 12.7. The van der Waals surface area contributed by atoms with Gasteiger partial charge in [0.1, 0.15) is 0 Å². The SMILES string of the molecule is COc1cc(/C=C2\SC(=O)N(Cc3cccc(Cl)c3)C2=O)cc(I)c1OC(=O)c1ccc(C)cc1. The van der Waals surface area contributed by atoms with E-state index in [0.717, 1.165) is 22.9 Å². The third-order valence-corrected chi connectivity index (χ3v) is 7.08. The van der Waals surface area contributed by atoms with Gasteiger partial charge in [-0.05, 0) is 94.9 Å². The van der Waals surface area contributed by atoms with Crippen molar-refractivity contribution in [1.82, 2.24) is 4.90 Å². The Balaban J connectivity index is 1.56. The number of benzene rings is 3. The monoisotopic (exact) mass is 619 g/mol. The molecule has 178 valence electrons. The van der Waals surface area contributed by atoms with Gasteiger partial charge in [0.2, 0.25) is 0 Å². The first-order chi connectivity index (χ1) is 16.7. The number of imide groups is 1. The molecule has 0 unspecified atom stereocenters. The fourth-order valence-electron chi connectivity index (χ4n) is 3.37. The highest BCUT2D eigenvalue weighted by atomic mass is 127. The molecule has 6 nitrogen and oxygen atoms in total. The summed E-state index contributed by atoms with van der Waals surface area (Å²) in [6, 6.07) is 17.5. The van der Waals surface area contributed by atoms with Crippen LogP contribution in [0.4, 0.5) is 4.79 Å². The van der Waals surface area contributed by atoms with E-state index in [9.17, 15) is 14.4 Å². The highest BCUT2D eigenvalue weighted by molar-refractivity contribution is 14.1. The van der Waals surface area contributed by atoms with Crippen LogP contribution in [0, 0.1) is 10.5 Å². The molecule has 35 heavy (non-hydrogen) atoms. The van der Waals surface area contributed by atoms with Crippen LogP contribution in [0.3, 0.4) is 0 Å². The second-order valence-corrected chi connectivity index (χ2v) is 10.3. The lowest BCUT2D eigenvalue weighted by Crippen LogP contribution is -2.27. The van der Waals surface area contributed by atoms with Gasteiger partial charge in [0.05, 0.1) is 27.7 Å². The largest absolute Gasteiger partial charge is 0.493 e. The predicted octanol–water partition coefficient (Wildman–Crippen LogP) is 6.72. The van der Waals surface area contributed by atoms with Gasteiger partial charge in [-0.1, -0.05) is 41.4 Å². The topological polar surface area (TPSA) is 72.9 Å². The van der Waals surface area contributed by atoms with Gasteiger partial charge < -0.3 is 9.47 Å². The molecule has 9 heteroatoms. The molecule has 2 amide bonds. The summed E-state index contributed by atoms with van der Waals surface area (Å²) in [6.07, 6.45) is 1.62. The summed E-state index contributed by atoms with van der Waals surface area (Å²) in [5.41, 5.74) is 2.85. The van der Waals surface area contributed by atoms with Crippen molar-refractivity contribution in [2.75, 3.05) is 7.11 Å². The minimum absolute atomic E-state index is 0.136. The summed E-state index contributed by atoms with van der Waals surface area (Å²) in [6.45, 7) is 2.07. The van der Waals surface area contributed by atoms with Crippen LogP contribution in [0.1, 0.15) is 27.0 Å². The second kappa shape index (κ2) is 10.8. The molecule has 3 aromatic rings. The van der Waals surface area contributed by atoms with Crippen molar-refractivity contribution >= 4 is 69.1 Å². The first kappa shape index (κ1) is 25.3. The number of aryl methyl sites for hydroxylation is 1. The molecule has 4 rings (SSSR count). The van der Waals surface area contributed by atoms with E-state index < -0.39 is 5.97 Å². The van der Waals surface area contributed by atoms with Crippen molar-refractivity contribution in [3.8, 4) is 11.5 Å². The van der Waals surface area contributed by atoms with Gasteiger partial charge in [-0.25, -0.2) is 4.79 Å². The smallest absolute Gasteiger partial charge is 0.343 e. The van der Waals surface area contributed by atoms with Gasteiger partial charge >= 0.3 is 5.97 Å². The van der Waals surface area contributed by atoms with E-state index >= 15 is 0 Å². The minimum atomic E-state index is -0.504. The molecule has 0 saturated carbocycles. The fourth-order valence-corrected chi connectivity index (χ4v) is 5.16. The summed E-state index contributed by atoms with van der Waals surface area (Å²) in [4.78, 5) is 39.5. The maximum absolute atomic E-state index is 12.9. The van der Waals surface area contributed by atoms with Crippen molar-refractivity contribution in [3.63, 3.8) is 0 Å². The number of hydrogen-bond donors (Lipinski definition) is 0. The highest BCUT2D eigenvalue weighted by Crippen LogP contribution is 2.38. The molecule has 0 aliphatic carbocycles. The van der Waals surface area contributed by atoms with Crippen molar-refractivity contribution in [2.45, 2.75) is 13.5 Å². The normalized spacial score (nSPS) is 14.5. The Morgan fingerprint density at radius 1 is 1.11 bits per heavy atom. The van der Waals surface area contributed by atoms with Crippen LogP contribution in [0.25, 0.3) is 6.08 Å². The van der Waals surface area contributed by atoms with Crippen LogP contribution in [0.15, 0.2) is 65.6 Å². The molecule has 1 aliphatic heterocycles. The van der Waals surface area contributed by atoms with Crippen molar-refractivity contribution in [2.24, 2.45) is 0 Å². The molecular weight excluding hydrogens is 601 g/mol. The van der Waals surface area contributed by atoms with Gasteiger partial charge in [0, 0.05) is 5.02 Å². The summed E-state index contributed by atoms with van der Waals surface area (Å²) in [5, 5.41) is 0.182. The second-order valence-electron chi connectivity index (χ2n) is 7.69. The number of amides is 2. The zero-order valence-electron chi connectivity index (χ0n) is 18.7. The van der Waals surface area contributed by atoms with Crippen molar-refractivity contribution in [3.05, 3.63) is 96.4 Å². The Kier molecular flexibility index (Phi) is 7.83. The zero-order valence-corrected chi connectivity index (χ0v) is 22.4. The zero-order chi connectivity index (χ0) is 25.1. The lowest BCUT2D eigenvalue weighted by molar-refractivity contribution is -0.123. The molecule has 0 bridgehead atoms. The predicted molar refractivity (Wildman–Crippen MR) is 145 cm³/mol. The average molecular weight is 620 g/mol. The number of thioether (sulfide) groups is 1. The third-order valence-electron chi connectivity index (χ3n) is 5.13. The van der Waals surface area contributed by atoms with Crippen LogP contribution < -0.4 is 9.47 Å². The van der Waals surface area contributed by atoms with Gasteiger partial charge in [-0.3, -0.25) is 14.5 Å². The Labute approximate surface area is 225 Å². The quantitative estimate of drug-likeness (QED) is 0.132. The minimum Gasteiger partial charge on any atom is -0.493 e. The van der Waals surface area contributed by atoms with Gasteiger partial charge in [0.15, 0.2) is 11.5 Å². The number of rotatable bonds is 6. The van der Waals surface area contributed by atoms with Crippen LogP contribution in [0.5, 0.6) is 11.5 Å². The molecule has 3 aromatic carbocycles. The van der Waals surface area contributed by atoms with Crippen LogP contribution in [0.2, 0.25) is 5.02 Å². The van der Waals surface area contributed by atoms with Gasteiger partial charge in [0.25, 0.3) is 11.1 Å². The van der Waals surface area contributed by atoms with Crippen LogP contribution >= 0.6 is 46.0 Å². The molecule has 1 saturated heterocycles. The number of esters is 1. The Morgan fingerprint density at radius 2 is 1.86 bits per heavy atom. The standard InChI is InChI=1S/C26H19ClINO5S/c1-15-6-8-18(9-7-15)25(31)34-23-20(28)11-17(12-21(23)33-2)13-22-24(30)29(26(32)35-22)14-16-4-3-5-19(27)10-16/h3-13H,14H2,1-2H3/b22-13-. The van der Waals surface area contributed by atoms with E-state index in [2.05, 4.69) is 0 Å². The number of hydrogen-bond acceptors (Lipinski definition) is 6. The molecule has 0 N–H and O–H groups in total. The molecule has 1 fully saturated rings. The molecular formula is C26H19ClINO5S. The summed E-state index contributed by atoms with van der Waals surface area (Å²) in [5.74, 6) is -0.272. The number of ether oxygens (including phenoxy) is 2. The molecule has 0 aromatic heterocycles. The number of carbonyl (C=O) groups is 3. The Morgan fingerprint density at radius 3 is 2.54 bits per heavy atom. The van der Waals surface area contributed by atoms with E-state index in [1.165, 1.54) is 12.0 Å². The van der Waals surface area contributed by atoms with E-state index in [1.807, 2.05) is 47.7 Å². The average Bonchev–Trinajstić information content (AvgIpc) is 3.08. The Hall–Kier alpha value is -2.82. The number of nitrogens with zero attached hydrogens (tertiary/aromatic N) is 1. The van der Waals surface area contributed by atoms with Crippen LogP contribution in [-0.2, 0) is 11.3 Å². The van der Waals surface area contributed by atoms with E-state index in [4.69, 9.17) is 21.1 Å². The fraction of sp³-hybridized carbons (Fsp3) is 0.115. The molecule has 0 radical (unpaired) electrons.